The van der Waals surface area contributed by atoms with Crippen molar-refractivity contribution in [2.75, 3.05) is 26.6 Å². The molecule has 0 aliphatic carbocycles. The number of aromatic nitrogens is 2. The van der Waals surface area contributed by atoms with Crippen molar-refractivity contribution < 1.29 is 9.47 Å². The maximum absolute atomic E-state index is 5.25. The van der Waals surface area contributed by atoms with E-state index >= 15 is 0 Å². The fraction of sp³-hybridized carbons (Fsp3) is 0.294. The Morgan fingerprint density at radius 1 is 1.13 bits per heavy atom. The maximum atomic E-state index is 5.25. The van der Waals surface area contributed by atoms with Crippen LogP contribution in [0.2, 0.25) is 0 Å². The Kier molecular flexibility index (Phi) is 5.15. The Hall–Kier alpha value is -1.63. The highest BCUT2D eigenvalue weighted by atomic mass is 32.2. The van der Waals surface area contributed by atoms with Crippen molar-refractivity contribution in [3.8, 4) is 16.9 Å². The second-order valence-corrected chi connectivity index (χ2v) is 7.25. The molecule has 3 aromatic rings. The van der Waals surface area contributed by atoms with Crippen molar-refractivity contribution >= 4 is 33.3 Å². The molecular formula is C17H18N2O2S2. The van der Waals surface area contributed by atoms with Crippen LogP contribution in [0.25, 0.3) is 21.3 Å². The van der Waals surface area contributed by atoms with E-state index in [1.807, 2.05) is 12.1 Å². The molecule has 0 fully saturated rings. The summed E-state index contributed by atoms with van der Waals surface area (Å²) in [4.78, 5) is 11.2. The highest BCUT2D eigenvalue weighted by molar-refractivity contribution is 7.99. The van der Waals surface area contributed by atoms with Gasteiger partial charge in [-0.25, -0.2) is 9.97 Å². The van der Waals surface area contributed by atoms with E-state index in [1.54, 1.807) is 43.6 Å². The van der Waals surface area contributed by atoms with E-state index in [2.05, 4.69) is 29.0 Å². The van der Waals surface area contributed by atoms with E-state index in [0.29, 0.717) is 6.61 Å². The lowest BCUT2D eigenvalue weighted by molar-refractivity contribution is 0.218. The van der Waals surface area contributed by atoms with Gasteiger partial charge in [0.15, 0.2) is 0 Å². The molecule has 2 heterocycles. The summed E-state index contributed by atoms with van der Waals surface area (Å²) in [6.07, 6.45) is 1.64. The van der Waals surface area contributed by atoms with Gasteiger partial charge in [-0.2, -0.15) is 0 Å². The number of thiophene rings is 1. The number of hydrogen-bond acceptors (Lipinski definition) is 6. The number of aryl methyl sites for hydroxylation is 1. The van der Waals surface area contributed by atoms with E-state index in [-0.39, 0.29) is 0 Å². The van der Waals surface area contributed by atoms with Crippen molar-refractivity contribution in [1.82, 2.24) is 9.97 Å². The van der Waals surface area contributed by atoms with Crippen LogP contribution in [0.4, 0.5) is 0 Å². The number of ether oxygens (including phenoxy) is 2. The summed E-state index contributed by atoms with van der Waals surface area (Å²) in [6, 6.07) is 8.15. The molecule has 0 radical (unpaired) electrons. The minimum absolute atomic E-state index is 0.706. The fourth-order valence-electron chi connectivity index (χ4n) is 2.45. The lowest BCUT2D eigenvalue weighted by atomic mass is 10.0. The van der Waals surface area contributed by atoms with Crippen LogP contribution in [0, 0.1) is 6.92 Å². The molecule has 0 saturated heterocycles. The zero-order valence-electron chi connectivity index (χ0n) is 13.3. The molecule has 0 spiro atoms. The Morgan fingerprint density at radius 2 is 1.91 bits per heavy atom. The summed E-state index contributed by atoms with van der Waals surface area (Å²) in [6.45, 7) is 2.84. The lowest BCUT2D eigenvalue weighted by Crippen LogP contribution is -1.93. The predicted molar refractivity (Wildman–Crippen MR) is 96.7 cm³/mol. The van der Waals surface area contributed by atoms with Crippen LogP contribution in [-0.2, 0) is 4.74 Å². The third-order valence-electron chi connectivity index (χ3n) is 3.53. The SMILES string of the molecule is COCCSc1ncnc2sc(C)c(-c3ccc(OC)cc3)c12. The Bertz CT molecular complexity index is 800. The topological polar surface area (TPSA) is 44.2 Å². The van der Waals surface area contributed by atoms with Crippen molar-refractivity contribution in [1.29, 1.82) is 0 Å². The summed E-state index contributed by atoms with van der Waals surface area (Å²) in [7, 11) is 3.40. The normalized spacial score (nSPS) is 11.1. The Morgan fingerprint density at radius 3 is 2.61 bits per heavy atom. The van der Waals surface area contributed by atoms with Gasteiger partial charge in [-0.1, -0.05) is 12.1 Å². The first-order valence-corrected chi connectivity index (χ1v) is 9.05. The monoisotopic (exact) mass is 346 g/mol. The van der Waals surface area contributed by atoms with Crippen LogP contribution in [0.1, 0.15) is 4.88 Å². The minimum atomic E-state index is 0.706. The second kappa shape index (κ2) is 7.29. The molecule has 3 rings (SSSR count). The van der Waals surface area contributed by atoms with Crippen molar-refractivity contribution in [3.63, 3.8) is 0 Å². The highest BCUT2D eigenvalue weighted by Gasteiger charge is 2.16. The average molecular weight is 346 g/mol. The van der Waals surface area contributed by atoms with Gasteiger partial charge in [-0.05, 0) is 24.6 Å². The van der Waals surface area contributed by atoms with E-state index in [4.69, 9.17) is 9.47 Å². The first kappa shape index (κ1) is 16.2. The van der Waals surface area contributed by atoms with Gasteiger partial charge >= 0.3 is 0 Å². The summed E-state index contributed by atoms with van der Waals surface area (Å²) >= 11 is 3.42. The fourth-order valence-corrected chi connectivity index (χ4v) is 4.44. The predicted octanol–water partition coefficient (Wildman–Crippen LogP) is 4.41. The zero-order valence-corrected chi connectivity index (χ0v) is 15.0. The highest BCUT2D eigenvalue weighted by Crippen LogP contribution is 2.41. The van der Waals surface area contributed by atoms with Crippen LogP contribution in [0.3, 0.4) is 0 Å². The molecule has 23 heavy (non-hydrogen) atoms. The molecule has 2 aromatic heterocycles. The van der Waals surface area contributed by atoms with Gasteiger partial charge < -0.3 is 9.47 Å². The molecule has 0 bridgehead atoms. The van der Waals surface area contributed by atoms with Crippen LogP contribution >= 0.6 is 23.1 Å². The molecule has 120 valence electrons. The van der Waals surface area contributed by atoms with Gasteiger partial charge in [0.2, 0.25) is 0 Å². The number of thioether (sulfide) groups is 1. The lowest BCUT2D eigenvalue weighted by Gasteiger charge is -2.07. The van der Waals surface area contributed by atoms with Crippen molar-refractivity contribution in [2.45, 2.75) is 11.9 Å². The quantitative estimate of drug-likeness (QED) is 0.376. The smallest absolute Gasteiger partial charge is 0.128 e. The van der Waals surface area contributed by atoms with E-state index in [9.17, 15) is 0 Å². The molecule has 6 heteroatoms. The third kappa shape index (κ3) is 3.34. The number of benzene rings is 1. The number of hydrogen-bond donors (Lipinski definition) is 0. The van der Waals surface area contributed by atoms with Crippen LogP contribution in [0.5, 0.6) is 5.75 Å². The number of methoxy groups -OCH3 is 2. The average Bonchev–Trinajstić information content (AvgIpc) is 2.92. The van der Waals surface area contributed by atoms with Gasteiger partial charge in [0.25, 0.3) is 0 Å². The molecule has 0 atom stereocenters. The number of rotatable bonds is 6. The molecule has 0 aliphatic heterocycles. The molecule has 0 saturated carbocycles. The van der Waals surface area contributed by atoms with Crippen LogP contribution in [0.15, 0.2) is 35.6 Å². The van der Waals surface area contributed by atoms with Gasteiger partial charge in [0.05, 0.1) is 19.1 Å². The summed E-state index contributed by atoms with van der Waals surface area (Å²) in [5, 5.41) is 2.16. The van der Waals surface area contributed by atoms with Crippen LogP contribution < -0.4 is 4.74 Å². The van der Waals surface area contributed by atoms with Gasteiger partial charge in [0.1, 0.15) is 21.9 Å². The van der Waals surface area contributed by atoms with Gasteiger partial charge in [-0.3, -0.25) is 0 Å². The van der Waals surface area contributed by atoms with E-state index in [1.165, 1.54) is 10.4 Å². The second-order valence-electron chi connectivity index (χ2n) is 4.96. The molecule has 4 nitrogen and oxygen atoms in total. The molecular weight excluding hydrogens is 328 g/mol. The van der Waals surface area contributed by atoms with E-state index < -0.39 is 0 Å². The Balaban J connectivity index is 2.09. The van der Waals surface area contributed by atoms with E-state index in [0.717, 1.165) is 32.3 Å². The first-order chi connectivity index (χ1) is 11.2. The maximum Gasteiger partial charge on any atom is 0.128 e. The van der Waals surface area contributed by atoms with Crippen molar-refractivity contribution in [3.05, 3.63) is 35.5 Å². The van der Waals surface area contributed by atoms with Gasteiger partial charge in [-0.15, -0.1) is 23.1 Å². The number of nitrogens with zero attached hydrogens (tertiary/aromatic N) is 2. The molecule has 1 aromatic carbocycles. The number of fused-ring (bicyclic) bond motifs is 1. The standard InChI is InChI=1S/C17H18N2O2S2/c1-11-14(12-4-6-13(21-3)7-5-12)15-16(22-9-8-20-2)18-10-19-17(15)23-11/h4-7,10H,8-9H2,1-3H3. The Labute approximate surface area is 143 Å². The van der Waals surface area contributed by atoms with Gasteiger partial charge in [0, 0.05) is 23.3 Å². The molecule has 0 N–H and O–H groups in total. The summed E-state index contributed by atoms with van der Waals surface area (Å²) in [5.74, 6) is 1.73. The first-order valence-electron chi connectivity index (χ1n) is 7.25. The largest absolute Gasteiger partial charge is 0.497 e. The van der Waals surface area contributed by atoms with Crippen LogP contribution in [-0.4, -0.2) is 36.5 Å². The molecule has 0 unspecified atom stereocenters. The van der Waals surface area contributed by atoms with Crippen molar-refractivity contribution in [2.24, 2.45) is 0 Å². The molecule has 0 aliphatic rings. The minimum Gasteiger partial charge on any atom is -0.497 e. The summed E-state index contributed by atoms with van der Waals surface area (Å²) < 4.78 is 10.4. The zero-order chi connectivity index (χ0) is 16.2. The third-order valence-corrected chi connectivity index (χ3v) is 5.50. The molecule has 0 amide bonds. The summed E-state index contributed by atoms with van der Waals surface area (Å²) in [5.41, 5.74) is 2.38.